The van der Waals surface area contributed by atoms with Gasteiger partial charge in [-0.25, -0.2) is 9.50 Å². The standard InChI is InChI=1S/C26H32N6O/c1-17(2)25-21-13-19(18-9-11-31(12-10-18)15-24(33)30(3)4)5-7-22(21)29-26(25)20-6-8-23-27-16-28-32(23)14-20/h5-8,13-14,16-18,29H,9-12,15H2,1-4H3. The number of carbonyl (C=O) groups excluding carboxylic acids is 1. The summed E-state index contributed by atoms with van der Waals surface area (Å²) in [7, 11) is 3.65. The Balaban J connectivity index is 1.43. The molecule has 1 saturated heterocycles. The van der Waals surface area contributed by atoms with Gasteiger partial charge >= 0.3 is 0 Å². The molecule has 0 atom stereocenters. The van der Waals surface area contributed by atoms with Crippen LogP contribution in [0.1, 0.15) is 49.7 Å². The first kappa shape index (κ1) is 21.6. The van der Waals surface area contributed by atoms with Gasteiger partial charge in [-0.05, 0) is 73.2 Å². The average Bonchev–Trinajstić information content (AvgIpc) is 3.43. The zero-order valence-electron chi connectivity index (χ0n) is 19.9. The van der Waals surface area contributed by atoms with E-state index in [0.717, 1.165) is 42.8 Å². The summed E-state index contributed by atoms with van der Waals surface area (Å²) in [6, 6.07) is 11.0. The van der Waals surface area contributed by atoms with Crippen molar-refractivity contribution in [1.82, 2.24) is 29.4 Å². The van der Waals surface area contributed by atoms with Gasteiger partial charge in [0.1, 0.15) is 6.33 Å². The van der Waals surface area contributed by atoms with Gasteiger partial charge in [0.05, 0.1) is 12.2 Å². The van der Waals surface area contributed by atoms with Gasteiger partial charge in [-0.15, -0.1) is 0 Å². The monoisotopic (exact) mass is 444 g/mol. The predicted octanol–water partition coefficient (Wildman–Crippen LogP) is 4.27. The normalized spacial score (nSPS) is 15.7. The van der Waals surface area contributed by atoms with Gasteiger partial charge in [-0.2, -0.15) is 5.10 Å². The highest BCUT2D eigenvalue weighted by atomic mass is 16.2. The molecule has 0 spiro atoms. The summed E-state index contributed by atoms with van der Waals surface area (Å²) >= 11 is 0. The van der Waals surface area contributed by atoms with Gasteiger partial charge in [-0.1, -0.05) is 19.9 Å². The number of nitrogens with one attached hydrogen (secondary N) is 1. The van der Waals surface area contributed by atoms with Crippen LogP contribution in [-0.2, 0) is 4.79 Å². The number of hydrogen-bond acceptors (Lipinski definition) is 4. The Morgan fingerprint density at radius 1 is 1.18 bits per heavy atom. The number of aromatic nitrogens is 4. The summed E-state index contributed by atoms with van der Waals surface area (Å²) in [6.45, 7) is 6.97. The maximum atomic E-state index is 12.1. The van der Waals surface area contributed by atoms with Crippen molar-refractivity contribution >= 4 is 22.5 Å². The second-order valence-electron chi connectivity index (χ2n) is 9.69. The van der Waals surface area contributed by atoms with E-state index in [1.54, 1.807) is 11.2 Å². The molecule has 7 heteroatoms. The van der Waals surface area contributed by atoms with Crippen molar-refractivity contribution in [2.75, 3.05) is 33.7 Å². The van der Waals surface area contributed by atoms with Gasteiger partial charge in [0.15, 0.2) is 5.65 Å². The number of rotatable bonds is 5. The predicted molar refractivity (Wildman–Crippen MR) is 131 cm³/mol. The van der Waals surface area contributed by atoms with E-state index >= 15 is 0 Å². The summed E-state index contributed by atoms with van der Waals surface area (Å²) in [6.07, 6.45) is 5.80. The molecule has 172 valence electrons. The van der Waals surface area contributed by atoms with E-state index in [1.165, 1.54) is 22.0 Å². The van der Waals surface area contributed by atoms with Crippen LogP contribution in [0.2, 0.25) is 0 Å². The van der Waals surface area contributed by atoms with E-state index in [9.17, 15) is 4.79 Å². The van der Waals surface area contributed by atoms with Crippen LogP contribution < -0.4 is 0 Å². The molecular formula is C26H32N6O. The number of amides is 1. The number of aromatic amines is 1. The van der Waals surface area contributed by atoms with Crippen LogP contribution in [0.25, 0.3) is 27.8 Å². The highest BCUT2D eigenvalue weighted by molar-refractivity contribution is 5.92. The third kappa shape index (κ3) is 4.13. The Morgan fingerprint density at radius 2 is 1.97 bits per heavy atom. The molecule has 33 heavy (non-hydrogen) atoms. The van der Waals surface area contributed by atoms with E-state index < -0.39 is 0 Å². The Bertz CT molecular complexity index is 1290. The molecule has 5 rings (SSSR count). The fraction of sp³-hybridized carbons (Fsp3) is 0.423. The number of likely N-dealkylation sites (tertiary alicyclic amines) is 1. The van der Waals surface area contributed by atoms with Crippen LogP contribution in [-0.4, -0.2) is 69.0 Å². The van der Waals surface area contributed by atoms with E-state index in [1.807, 2.05) is 30.9 Å². The maximum Gasteiger partial charge on any atom is 0.236 e. The number of piperidine rings is 1. The highest BCUT2D eigenvalue weighted by Crippen LogP contribution is 2.38. The lowest BCUT2D eigenvalue weighted by molar-refractivity contribution is -0.130. The topological polar surface area (TPSA) is 69.5 Å². The molecule has 1 aromatic carbocycles. The Kier molecular flexibility index (Phi) is 5.66. The van der Waals surface area contributed by atoms with Crippen LogP contribution in [0.4, 0.5) is 0 Å². The number of carbonyl (C=O) groups is 1. The summed E-state index contributed by atoms with van der Waals surface area (Å²) < 4.78 is 1.82. The summed E-state index contributed by atoms with van der Waals surface area (Å²) in [5.41, 5.74) is 7.05. The minimum absolute atomic E-state index is 0.181. The Hall–Kier alpha value is -3.19. The Labute approximate surface area is 194 Å². The molecule has 1 aliphatic rings. The molecule has 3 aromatic heterocycles. The van der Waals surface area contributed by atoms with Gasteiger partial charge in [-0.3, -0.25) is 9.69 Å². The first-order chi connectivity index (χ1) is 15.9. The molecule has 1 N–H and O–H groups in total. The van der Waals surface area contributed by atoms with E-state index in [4.69, 9.17) is 0 Å². The summed E-state index contributed by atoms with van der Waals surface area (Å²) in [4.78, 5) is 24.0. The van der Waals surface area contributed by atoms with E-state index in [-0.39, 0.29) is 5.91 Å². The fourth-order valence-corrected chi connectivity index (χ4v) is 5.03. The fourth-order valence-electron chi connectivity index (χ4n) is 5.03. The van der Waals surface area contributed by atoms with Gasteiger partial charge in [0, 0.05) is 36.8 Å². The summed E-state index contributed by atoms with van der Waals surface area (Å²) in [5, 5.41) is 5.61. The molecule has 0 unspecified atom stereocenters. The SMILES string of the molecule is CC(C)c1c(-c2ccc3ncnn3c2)[nH]c2ccc(C3CCN(CC(=O)N(C)C)CC3)cc12. The van der Waals surface area contributed by atoms with Crippen molar-refractivity contribution < 1.29 is 4.79 Å². The van der Waals surface area contributed by atoms with Crippen molar-refractivity contribution in [3.63, 3.8) is 0 Å². The lowest BCUT2D eigenvalue weighted by atomic mass is 9.87. The van der Waals surface area contributed by atoms with Gasteiger partial charge < -0.3 is 9.88 Å². The minimum atomic E-state index is 0.181. The first-order valence-electron chi connectivity index (χ1n) is 11.8. The zero-order valence-corrected chi connectivity index (χ0v) is 19.9. The number of benzene rings is 1. The number of fused-ring (bicyclic) bond motifs is 2. The number of pyridine rings is 1. The molecule has 0 radical (unpaired) electrons. The first-order valence-corrected chi connectivity index (χ1v) is 11.8. The maximum absolute atomic E-state index is 12.1. The van der Waals surface area contributed by atoms with E-state index in [0.29, 0.717) is 18.4 Å². The van der Waals surface area contributed by atoms with Crippen LogP contribution >= 0.6 is 0 Å². The second-order valence-corrected chi connectivity index (χ2v) is 9.69. The highest BCUT2D eigenvalue weighted by Gasteiger charge is 2.24. The second kappa shape index (κ2) is 8.63. The largest absolute Gasteiger partial charge is 0.354 e. The van der Waals surface area contributed by atoms with E-state index in [2.05, 4.69) is 58.1 Å². The van der Waals surface area contributed by atoms with Gasteiger partial charge in [0.2, 0.25) is 5.91 Å². The molecule has 1 fully saturated rings. The van der Waals surface area contributed by atoms with Crippen LogP contribution in [0.15, 0.2) is 42.9 Å². The molecule has 0 bridgehead atoms. The Morgan fingerprint density at radius 3 is 2.70 bits per heavy atom. The molecule has 0 saturated carbocycles. The quantitative estimate of drug-likeness (QED) is 0.499. The molecule has 4 aromatic rings. The van der Waals surface area contributed by atoms with Gasteiger partial charge in [0.25, 0.3) is 0 Å². The minimum Gasteiger partial charge on any atom is -0.354 e. The third-order valence-corrected chi connectivity index (χ3v) is 6.92. The van der Waals surface area contributed by atoms with Crippen LogP contribution in [0.5, 0.6) is 0 Å². The van der Waals surface area contributed by atoms with Crippen molar-refractivity contribution in [2.45, 2.75) is 38.5 Å². The summed E-state index contributed by atoms with van der Waals surface area (Å²) in [5.74, 6) is 1.10. The average molecular weight is 445 g/mol. The molecule has 0 aliphatic carbocycles. The van der Waals surface area contributed by atoms with Crippen LogP contribution in [0, 0.1) is 0 Å². The lowest BCUT2D eigenvalue weighted by Crippen LogP contribution is -2.40. The number of H-pyrrole nitrogens is 1. The number of likely N-dealkylation sites (N-methyl/N-ethyl adjacent to an activating group) is 1. The van der Waals surface area contributed by atoms with Crippen molar-refractivity contribution in [2.24, 2.45) is 0 Å². The van der Waals surface area contributed by atoms with Crippen molar-refractivity contribution in [1.29, 1.82) is 0 Å². The smallest absolute Gasteiger partial charge is 0.236 e. The molecule has 7 nitrogen and oxygen atoms in total. The number of nitrogens with zero attached hydrogens (tertiary/aromatic N) is 5. The third-order valence-electron chi connectivity index (χ3n) is 6.92. The number of hydrogen-bond donors (Lipinski definition) is 1. The molecule has 4 heterocycles. The van der Waals surface area contributed by atoms with Crippen LogP contribution in [0.3, 0.4) is 0 Å². The van der Waals surface area contributed by atoms with Crippen molar-refractivity contribution in [3.8, 4) is 11.3 Å². The van der Waals surface area contributed by atoms with Crippen molar-refractivity contribution in [3.05, 3.63) is 54.0 Å². The lowest BCUT2D eigenvalue weighted by Gasteiger charge is -2.32. The molecule has 1 aliphatic heterocycles. The molecule has 1 amide bonds. The molecular weight excluding hydrogens is 412 g/mol. The zero-order chi connectivity index (χ0) is 23.1.